The van der Waals surface area contributed by atoms with E-state index in [1.807, 2.05) is 12.1 Å². The van der Waals surface area contributed by atoms with Gasteiger partial charge in [-0.15, -0.1) is 0 Å². The van der Waals surface area contributed by atoms with Crippen LogP contribution in [0.25, 0.3) is 11.3 Å². The number of pyridine rings is 1. The molecule has 0 aliphatic heterocycles. The summed E-state index contributed by atoms with van der Waals surface area (Å²) in [6.07, 6.45) is 9.44. The van der Waals surface area contributed by atoms with Gasteiger partial charge in [0.2, 0.25) is 0 Å². The molecule has 0 unspecified atom stereocenters. The van der Waals surface area contributed by atoms with Gasteiger partial charge in [-0.05, 0) is 25.0 Å². The Balaban J connectivity index is 1.50. The van der Waals surface area contributed by atoms with Crippen molar-refractivity contribution < 1.29 is 9.53 Å². The number of aromatic amines is 1. The van der Waals surface area contributed by atoms with E-state index in [0.29, 0.717) is 5.82 Å². The Kier molecular flexibility index (Phi) is 4.80. The van der Waals surface area contributed by atoms with Crippen LogP contribution in [0.3, 0.4) is 0 Å². The SMILES string of the molecule is O=C(COC1CCCCC1)Nc1cc(-c2ccncc2)[nH]n1. The van der Waals surface area contributed by atoms with Gasteiger partial charge in [0.05, 0.1) is 11.8 Å². The second-order valence-electron chi connectivity index (χ2n) is 5.52. The number of amides is 1. The smallest absolute Gasteiger partial charge is 0.251 e. The highest BCUT2D eigenvalue weighted by molar-refractivity contribution is 5.91. The maximum absolute atomic E-state index is 11.9. The fourth-order valence-electron chi connectivity index (χ4n) is 2.67. The third-order valence-electron chi connectivity index (χ3n) is 3.84. The second-order valence-corrected chi connectivity index (χ2v) is 5.52. The molecule has 0 spiro atoms. The number of rotatable bonds is 5. The predicted molar refractivity (Wildman–Crippen MR) is 83.3 cm³/mol. The lowest BCUT2D eigenvalue weighted by Crippen LogP contribution is -2.24. The minimum Gasteiger partial charge on any atom is -0.368 e. The zero-order valence-electron chi connectivity index (χ0n) is 12.4. The summed E-state index contributed by atoms with van der Waals surface area (Å²) in [7, 11) is 0. The Hall–Kier alpha value is -2.21. The molecule has 6 nitrogen and oxygen atoms in total. The molecule has 0 radical (unpaired) electrons. The summed E-state index contributed by atoms with van der Waals surface area (Å²) in [5.74, 6) is 0.336. The van der Waals surface area contributed by atoms with Crippen LogP contribution in [0.1, 0.15) is 32.1 Å². The molecule has 0 saturated heterocycles. The first-order valence-corrected chi connectivity index (χ1v) is 7.68. The maximum Gasteiger partial charge on any atom is 0.251 e. The van der Waals surface area contributed by atoms with E-state index in [-0.39, 0.29) is 18.6 Å². The van der Waals surface area contributed by atoms with Gasteiger partial charge in [-0.1, -0.05) is 19.3 Å². The molecule has 22 heavy (non-hydrogen) atoms. The Morgan fingerprint density at radius 2 is 2.05 bits per heavy atom. The first-order chi connectivity index (χ1) is 10.8. The molecule has 2 aromatic rings. The van der Waals surface area contributed by atoms with Crippen molar-refractivity contribution >= 4 is 11.7 Å². The van der Waals surface area contributed by atoms with E-state index in [2.05, 4.69) is 20.5 Å². The van der Waals surface area contributed by atoms with Gasteiger partial charge in [0.15, 0.2) is 5.82 Å². The monoisotopic (exact) mass is 300 g/mol. The molecule has 1 saturated carbocycles. The van der Waals surface area contributed by atoms with Crippen molar-refractivity contribution in [2.75, 3.05) is 11.9 Å². The lowest BCUT2D eigenvalue weighted by Gasteiger charge is -2.21. The third-order valence-corrected chi connectivity index (χ3v) is 3.84. The Morgan fingerprint density at radius 3 is 2.82 bits per heavy atom. The number of ether oxygens (including phenoxy) is 1. The quantitative estimate of drug-likeness (QED) is 0.889. The van der Waals surface area contributed by atoms with Crippen molar-refractivity contribution in [3.63, 3.8) is 0 Å². The van der Waals surface area contributed by atoms with Crippen LogP contribution in [0.15, 0.2) is 30.6 Å². The zero-order chi connectivity index (χ0) is 15.2. The molecular weight excluding hydrogens is 280 g/mol. The molecule has 0 bridgehead atoms. The average Bonchev–Trinajstić information content (AvgIpc) is 3.03. The van der Waals surface area contributed by atoms with E-state index in [0.717, 1.165) is 24.1 Å². The molecule has 2 aromatic heterocycles. The molecule has 0 atom stereocenters. The van der Waals surface area contributed by atoms with Crippen LogP contribution in [0.5, 0.6) is 0 Å². The molecule has 1 amide bonds. The van der Waals surface area contributed by atoms with Gasteiger partial charge >= 0.3 is 0 Å². The van der Waals surface area contributed by atoms with Gasteiger partial charge in [-0.2, -0.15) is 5.10 Å². The zero-order valence-corrected chi connectivity index (χ0v) is 12.4. The van der Waals surface area contributed by atoms with Crippen molar-refractivity contribution in [3.05, 3.63) is 30.6 Å². The maximum atomic E-state index is 11.9. The van der Waals surface area contributed by atoms with Gasteiger partial charge in [-0.3, -0.25) is 14.9 Å². The summed E-state index contributed by atoms with van der Waals surface area (Å²) in [4.78, 5) is 15.9. The van der Waals surface area contributed by atoms with E-state index >= 15 is 0 Å². The Labute approximate surface area is 129 Å². The highest BCUT2D eigenvalue weighted by Crippen LogP contribution is 2.21. The molecule has 2 N–H and O–H groups in total. The lowest BCUT2D eigenvalue weighted by molar-refractivity contribution is -0.123. The van der Waals surface area contributed by atoms with Gasteiger partial charge in [0.25, 0.3) is 5.91 Å². The summed E-state index contributed by atoms with van der Waals surface area (Å²) >= 11 is 0. The van der Waals surface area contributed by atoms with Crippen LogP contribution in [-0.4, -0.2) is 33.8 Å². The van der Waals surface area contributed by atoms with Gasteiger partial charge in [0.1, 0.15) is 6.61 Å². The molecule has 0 aromatic carbocycles. The van der Waals surface area contributed by atoms with E-state index in [1.54, 1.807) is 18.5 Å². The van der Waals surface area contributed by atoms with E-state index in [1.165, 1.54) is 19.3 Å². The summed E-state index contributed by atoms with van der Waals surface area (Å²) in [5.41, 5.74) is 1.81. The summed E-state index contributed by atoms with van der Waals surface area (Å²) in [5, 5.41) is 9.74. The van der Waals surface area contributed by atoms with Gasteiger partial charge in [-0.25, -0.2) is 0 Å². The van der Waals surface area contributed by atoms with Crippen molar-refractivity contribution in [2.45, 2.75) is 38.2 Å². The first-order valence-electron chi connectivity index (χ1n) is 7.68. The fraction of sp³-hybridized carbons (Fsp3) is 0.438. The van der Waals surface area contributed by atoms with Gasteiger partial charge in [0, 0.05) is 24.0 Å². The Morgan fingerprint density at radius 1 is 1.27 bits per heavy atom. The van der Waals surface area contributed by atoms with Crippen LogP contribution < -0.4 is 5.32 Å². The lowest BCUT2D eigenvalue weighted by atomic mass is 9.98. The molecule has 1 aliphatic rings. The highest BCUT2D eigenvalue weighted by Gasteiger charge is 2.15. The minimum atomic E-state index is -0.168. The van der Waals surface area contributed by atoms with Crippen molar-refractivity contribution in [3.8, 4) is 11.3 Å². The van der Waals surface area contributed by atoms with E-state index in [9.17, 15) is 4.79 Å². The van der Waals surface area contributed by atoms with Crippen LogP contribution in [0.2, 0.25) is 0 Å². The van der Waals surface area contributed by atoms with Crippen LogP contribution in [0, 0.1) is 0 Å². The number of H-pyrrole nitrogens is 1. The van der Waals surface area contributed by atoms with Crippen LogP contribution in [0.4, 0.5) is 5.82 Å². The fourth-order valence-corrected chi connectivity index (χ4v) is 2.67. The summed E-state index contributed by atoms with van der Waals surface area (Å²) in [6.45, 7) is 0.0854. The van der Waals surface area contributed by atoms with E-state index in [4.69, 9.17) is 4.74 Å². The van der Waals surface area contributed by atoms with Crippen molar-refractivity contribution in [1.29, 1.82) is 0 Å². The first kappa shape index (κ1) is 14.7. The molecule has 6 heteroatoms. The van der Waals surface area contributed by atoms with Crippen LogP contribution >= 0.6 is 0 Å². The predicted octanol–water partition coefficient (Wildman–Crippen LogP) is 2.76. The highest BCUT2D eigenvalue weighted by atomic mass is 16.5. The topological polar surface area (TPSA) is 79.9 Å². The number of carbonyl (C=O) groups is 1. The largest absolute Gasteiger partial charge is 0.368 e. The molecule has 1 fully saturated rings. The average molecular weight is 300 g/mol. The number of anilines is 1. The molecular formula is C16H20N4O2. The number of nitrogens with zero attached hydrogens (tertiary/aromatic N) is 2. The number of aromatic nitrogens is 3. The molecule has 116 valence electrons. The molecule has 2 heterocycles. The Bertz CT molecular complexity index is 606. The summed E-state index contributed by atoms with van der Waals surface area (Å²) in [6, 6.07) is 5.56. The standard InChI is InChI=1S/C16H20N4O2/c21-16(11-22-13-4-2-1-3-5-13)18-15-10-14(19-20-15)12-6-8-17-9-7-12/h6-10,13H,1-5,11H2,(H2,18,19,20,21). The number of carbonyl (C=O) groups excluding carboxylic acids is 1. The second kappa shape index (κ2) is 7.17. The number of hydrogen-bond donors (Lipinski definition) is 2. The van der Waals surface area contributed by atoms with E-state index < -0.39 is 0 Å². The number of hydrogen-bond acceptors (Lipinski definition) is 4. The third kappa shape index (κ3) is 3.92. The normalized spacial score (nSPS) is 15.6. The van der Waals surface area contributed by atoms with Crippen LogP contribution in [-0.2, 0) is 9.53 Å². The minimum absolute atomic E-state index is 0.0854. The molecule has 1 aliphatic carbocycles. The van der Waals surface area contributed by atoms with Gasteiger partial charge < -0.3 is 10.1 Å². The summed E-state index contributed by atoms with van der Waals surface area (Å²) < 4.78 is 5.65. The van der Waals surface area contributed by atoms with Crippen molar-refractivity contribution in [2.24, 2.45) is 0 Å². The number of nitrogens with one attached hydrogen (secondary N) is 2. The molecule has 3 rings (SSSR count). The van der Waals surface area contributed by atoms with Crippen molar-refractivity contribution in [1.82, 2.24) is 15.2 Å².